The Morgan fingerprint density at radius 1 is 0.905 bits per heavy atom. The Hall–Kier alpha value is -2.49. The first-order chi connectivity index (χ1) is 10.3. The van der Waals surface area contributed by atoms with Crippen molar-refractivity contribution in [2.45, 2.75) is 19.3 Å². The van der Waals surface area contributed by atoms with Crippen molar-refractivity contribution in [2.24, 2.45) is 0 Å². The summed E-state index contributed by atoms with van der Waals surface area (Å²) in [5.41, 5.74) is 1.89. The number of aromatic amines is 1. The fourth-order valence-corrected chi connectivity index (χ4v) is 2.25. The lowest BCUT2D eigenvalue weighted by atomic mass is 10.1. The molecule has 3 rings (SSSR count). The number of nitrogens with one attached hydrogen (secondary N) is 1. The third-order valence-electron chi connectivity index (χ3n) is 3.37. The summed E-state index contributed by atoms with van der Waals surface area (Å²) in [6.45, 7) is 0. The van der Waals surface area contributed by atoms with Crippen molar-refractivity contribution < 1.29 is 4.39 Å². The largest absolute Gasteiger partial charge is 0.263 e. The van der Waals surface area contributed by atoms with E-state index in [-0.39, 0.29) is 5.82 Å². The highest BCUT2D eigenvalue weighted by Gasteiger charge is 2.07. The van der Waals surface area contributed by atoms with Gasteiger partial charge in [0.25, 0.3) is 0 Å². The molecule has 2 aromatic carbocycles. The fraction of sp³-hybridized carbons (Fsp3) is 0.176. The van der Waals surface area contributed by atoms with Crippen LogP contribution in [-0.4, -0.2) is 15.2 Å². The minimum atomic E-state index is -0.209. The molecule has 0 saturated carbocycles. The number of rotatable bonds is 5. The highest BCUT2D eigenvalue weighted by atomic mass is 19.1. The Balaban J connectivity index is 1.63. The van der Waals surface area contributed by atoms with E-state index in [0.717, 1.165) is 18.7 Å². The smallest absolute Gasteiger partial charge is 0.151 e. The van der Waals surface area contributed by atoms with E-state index in [4.69, 9.17) is 0 Å². The molecule has 0 atom stereocenters. The number of aryl methyl sites for hydroxylation is 2. The summed E-state index contributed by atoms with van der Waals surface area (Å²) in [7, 11) is 0. The van der Waals surface area contributed by atoms with Gasteiger partial charge in [-0.05, 0) is 23.6 Å². The SMILES string of the molecule is Fc1ccccc1Cc1nc(CCc2ccccc2)n[nH]1. The van der Waals surface area contributed by atoms with Gasteiger partial charge in [0, 0.05) is 12.8 Å². The van der Waals surface area contributed by atoms with E-state index < -0.39 is 0 Å². The van der Waals surface area contributed by atoms with Crippen molar-refractivity contribution in [3.05, 3.63) is 83.2 Å². The molecule has 1 aromatic heterocycles. The maximum absolute atomic E-state index is 13.6. The van der Waals surface area contributed by atoms with E-state index in [0.29, 0.717) is 17.8 Å². The third kappa shape index (κ3) is 3.54. The summed E-state index contributed by atoms with van der Waals surface area (Å²) in [5.74, 6) is 1.26. The van der Waals surface area contributed by atoms with Gasteiger partial charge >= 0.3 is 0 Å². The van der Waals surface area contributed by atoms with Crippen LogP contribution in [0.1, 0.15) is 22.8 Å². The van der Waals surface area contributed by atoms with Crippen LogP contribution in [0.2, 0.25) is 0 Å². The van der Waals surface area contributed by atoms with E-state index in [1.54, 1.807) is 12.1 Å². The lowest BCUT2D eigenvalue weighted by molar-refractivity contribution is 0.612. The zero-order valence-corrected chi connectivity index (χ0v) is 11.6. The van der Waals surface area contributed by atoms with Gasteiger partial charge in [0.15, 0.2) is 5.82 Å². The topological polar surface area (TPSA) is 41.6 Å². The van der Waals surface area contributed by atoms with Crippen LogP contribution in [0.5, 0.6) is 0 Å². The lowest BCUT2D eigenvalue weighted by Gasteiger charge is -1.99. The molecular weight excluding hydrogens is 265 g/mol. The van der Waals surface area contributed by atoms with Gasteiger partial charge in [-0.25, -0.2) is 9.37 Å². The molecule has 4 heteroatoms. The van der Waals surface area contributed by atoms with E-state index in [1.807, 2.05) is 24.3 Å². The van der Waals surface area contributed by atoms with Gasteiger partial charge < -0.3 is 0 Å². The standard InChI is InChI=1S/C17H16FN3/c18-15-9-5-4-8-14(15)12-17-19-16(20-21-17)11-10-13-6-2-1-3-7-13/h1-9H,10-12H2,(H,19,20,21). The molecule has 0 unspecified atom stereocenters. The van der Waals surface area contributed by atoms with Crippen LogP contribution in [0, 0.1) is 5.82 Å². The first-order valence-corrected chi connectivity index (χ1v) is 6.99. The van der Waals surface area contributed by atoms with Crippen molar-refractivity contribution in [3.8, 4) is 0 Å². The van der Waals surface area contributed by atoms with Gasteiger partial charge in [-0.3, -0.25) is 5.10 Å². The molecule has 1 N–H and O–H groups in total. The molecule has 0 radical (unpaired) electrons. The van der Waals surface area contributed by atoms with Gasteiger partial charge in [-0.1, -0.05) is 48.5 Å². The maximum atomic E-state index is 13.6. The zero-order chi connectivity index (χ0) is 14.5. The molecule has 0 saturated heterocycles. The minimum Gasteiger partial charge on any atom is -0.263 e. The molecule has 3 nitrogen and oxygen atoms in total. The molecule has 3 aromatic rings. The van der Waals surface area contributed by atoms with Crippen LogP contribution in [0.4, 0.5) is 4.39 Å². The van der Waals surface area contributed by atoms with Crippen LogP contribution in [0.25, 0.3) is 0 Å². The number of hydrogen-bond acceptors (Lipinski definition) is 2. The van der Waals surface area contributed by atoms with E-state index >= 15 is 0 Å². The zero-order valence-electron chi connectivity index (χ0n) is 11.6. The van der Waals surface area contributed by atoms with Gasteiger partial charge in [0.1, 0.15) is 11.6 Å². The first-order valence-electron chi connectivity index (χ1n) is 6.99. The molecule has 106 valence electrons. The predicted molar refractivity (Wildman–Crippen MR) is 79.4 cm³/mol. The average molecular weight is 281 g/mol. The van der Waals surface area contributed by atoms with Crippen LogP contribution < -0.4 is 0 Å². The number of hydrogen-bond donors (Lipinski definition) is 1. The van der Waals surface area contributed by atoms with Crippen molar-refractivity contribution in [2.75, 3.05) is 0 Å². The first kappa shape index (κ1) is 13.5. The van der Waals surface area contributed by atoms with Crippen molar-refractivity contribution >= 4 is 0 Å². The summed E-state index contributed by atoms with van der Waals surface area (Å²) in [6.07, 6.45) is 2.11. The number of nitrogens with zero attached hydrogens (tertiary/aromatic N) is 2. The second kappa shape index (κ2) is 6.31. The van der Waals surface area contributed by atoms with E-state index in [9.17, 15) is 4.39 Å². The molecule has 0 amide bonds. The van der Waals surface area contributed by atoms with Crippen molar-refractivity contribution in [1.29, 1.82) is 0 Å². The predicted octanol–water partition coefficient (Wildman–Crippen LogP) is 3.32. The highest BCUT2D eigenvalue weighted by Crippen LogP contribution is 2.11. The molecule has 0 fully saturated rings. The number of halogens is 1. The molecule has 0 spiro atoms. The van der Waals surface area contributed by atoms with Crippen molar-refractivity contribution in [3.63, 3.8) is 0 Å². The monoisotopic (exact) mass is 281 g/mol. The van der Waals surface area contributed by atoms with Crippen LogP contribution in [0.15, 0.2) is 54.6 Å². The number of benzene rings is 2. The normalized spacial score (nSPS) is 10.7. The Kier molecular flexibility index (Phi) is 4.05. The summed E-state index contributed by atoms with van der Waals surface area (Å²) in [5, 5.41) is 7.09. The minimum absolute atomic E-state index is 0.209. The van der Waals surface area contributed by atoms with Gasteiger partial charge in [0.05, 0.1) is 0 Å². The Morgan fingerprint density at radius 3 is 2.48 bits per heavy atom. The highest BCUT2D eigenvalue weighted by molar-refractivity contribution is 5.21. The molecule has 1 heterocycles. The molecule has 0 aliphatic heterocycles. The lowest BCUT2D eigenvalue weighted by Crippen LogP contribution is -1.95. The van der Waals surface area contributed by atoms with E-state index in [1.165, 1.54) is 11.6 Å². The molecule has 0 aliphatic carbocycles. The maximum Gasteiger partial charge on any atom is 0.151 e. The van der Waals surface area contributed by atoms with E-state index in [2.05, 4.69) is 27.3 Å². The quantitative estimate of drug-likeness (QED) is 0.779. The molecule has 0 aliphatic rings. The molecule has 21 heavy (non-hydrogen) atoms. The van der Waals surface area contributed by atoms with Gasteiger partial charge in [0.2, 0.25) is 0 Å². The average Bonchev–Trinajstić information content (AvgIpc) is 2.96. The van der Waals surface area contributed by atoms with Crippen molar-refractivity contribution in [1.82, 2.24) is 15.2 Å². The molecule has 0 bridgehead atoms. The summed E-state index contributed by atoms with van der Waals surface area (Å²) >= 11 is 0. The summed E-state index contributed by atoms with van der Waals surface area (Å²) in [6, 6.07) is 17.0. The molecular formula is C17H16FN3. The second-order valence-electron chi connectivity index (χ2n) is 4.95. The number of H-pyrrole nitrogens is 1. The van der Waals surface area contributed by atoms with Crippen LogP contribution in [0.3, 0.4) is 0 Å². The Morgan fingerprint density at radius 2 is 1.67 bits per heavy atom. The number of aromatic nitrogens is 3. The van der Waals surface area contributed by atoms with Gasteiger partial charge in [-0.2, -0.15) is 5.10 Å². The summed E-state index contributed by atoms with van der Waals surface area (Å²) in [4.78, 5) is 4.43. The second-order valence-corrected chi connectivity index (χ2v) is 4.95. The Bertz CT molecular complexity index is 707. The third-order valence-corrected chi connectivity index (χ3v) is 3.37. The fourth-order valence-electron chi connectivity index (χ4n) is 2.25. The summed E-state index contributed by atoms with van der Waals surface area (Å²) < 4.78 is 13.6. The Labute approximate surface area is 122 Å². The van der Waals surface area contributed by atoms with Crippen LogP contribution >= 0.6 is 0 Å². The van der Waals surface area contributed by atoms with Crippen LogP contribution in [-0.2, 0) is 19.3 Å². The van der Waals surface area contributed by atoms with Gasteiger partial charge in [-0.15, -0.1) is 0 Å².